The van der Waals surface area contributed by atoms with Crippen LogP contribution in [0.3, 0.4) is 0 Å². The standard InChI is InChI=1S/C14H12N2O2/c1-10-8-14(16-18)7-4-12(10)9-11-2-5-13(15-17)6-3-11/h2-8H,9H2,1H3. The van der Waals surface area contributed by atoms with Gasteiger partial charge in [0.2, 0.25) is 0 Å². The highest BCUT2D eigenvalue weighted by Crippen LogP contribution is 2.21. The Morgan fingerprint density at radius 1 is 0.889 bits per heavy atom. The van der Waals surface area contributed by atoms with Crippen molar-refractivity contribution in [1.29, 1.82) is 0 Å². The Morgan fingerprint density at radius 3 is 2.06 bits per heavy atom. The van der Waals surface area contributed by atoms with E-state index in [1.54, 1.807) is 24.3 Å². The van der Waals surface area contributed by atoms with E-state index in [9.17, 15) is 9.81 Å². The lowest BCUT2D eigenvalue weighted by Crippen LogP contribution is -1.91. The molecule has 0 saturated carbocycles. The van der Waals surface area contributed by atoms with E-state index in [1.165, 1.54) is 0 Å². The number of nitroso groups, excluding NO2 is 2. The number of benzene rings is 2. The monoisotopic (exact) mass is 240 g/mol. The van der Waals surface area contributed by atoms with Crippen LogP contribution in [0.1, 0.15) is 16.7 Å². The number of hydrogen-bond acceptors (Lipinski definition) is 4. The fraction of sp³-hybridized carbons (Fsp3) is 0.143. The van der Waals surface area contributed by atoms with E-state index >= 15 is 0 Å². The summed E-state index contributed by atoms with van der Waals surface area (Å²) >= 11 is 0. The summed E-state index contributed by atoms with van der Waals surface area (Å²) in [5.41, 5.74) is 4.13. The third-order valence-electron chi connectivity index (χ3n) is 2.87. The fourth-order valence-corrected chi connectivity index (χ4v) is 1.83. The van der Waals surface area contributed by atoms with Gasteiger partial charge < -0.3 is 0 Å². The molecule has 0 atom stereocenters. The lowest BCUT2D eigenvalue weighted by Gasteiger charge is -2.06. The molecule has 0 unspecified atom stereocenters. The molecule has 18 heavy (non-hydrogen) atoms. The molecule has 0 aromatic heterocycles. The van der Waals surface area contributed by atoms with Gasteiger partial charge in [0.05, 0.1) is 0 Å². The van der Waals surface area contributed by atoms with Crippen LogP contribution in [0, 0.1) is 16.7 Å². The highest BCUT2D eigenvalue weighted by molar-refractivity contribution is 5.46. The van der Waals surface area contributed by atoms with Crippen molar-refractivity contribution in [3.8, 4) is 0 Å². The van der Waals surface area contributed by atoms with Crippen molar-refractivity contribution in [2.45, 2.75) is 13.3 Å². The van der Waals surface area contributed by atoms with Crippen molar-refractivity contribution in [2.24, 2.45) is 10.4 Å². The van der Waals surface area contributed by atoms with Gasteiger partial charge in [0.25, 0.3) is 0 Å². The molecule has 2 aromatic carbocycles. The maximum absolute atomic E-state index is 10.4. The normalized spacial score (nSPS) is 10.1. The number of aryl methyl sites for hydroxylation is 1. The Kier molecular flexibility index (Phi) is 3.57. The Bertz CT molecular complexity index is 577. The molecule has 0 radical (unpaired) electrons. The number of hydrogen-bond donors (Lipinski definition) is 0. The molecule has 0 heterocycles. The smallest absolute Gasteiger partial charge is 0.108 e. The molecule has 4 nitrogen and oxygen atoms in total. The van der Waals surface area contributed by atoms with Crippen LogP contribution in [0.15, 0.2) is 52.8 Å². The summed E-state index contributed by atoms with van der Waals surface area (Å²) in [5, 5.41) is 5.77. The molecule has 0 saturated heterocycles. The maximum atomic E-state index is 10.4. The second kappa shape index (κ2) is 5.31. The highest BCUT2D eigenvalue weighted by atomic mass is 16.3. The topological polar surface area (TPSA) is 58.9 Å². The first-order valence-electron chi connectivity index (χ1n) is 5.58. The molecule has 0 N–H and O–H groups in total. The second-order valence-electron chi connectivity index (χ2n) is 4.14. The summed E-state index contributed by atoms with van der Waals surface area (Å²) in [5.74, 6) is 0. The van der Waals surface area contributed by atoms with Crippen molar-refractivity contribution in [2.75, 3.05) is 0 Å². The largest absolute Gasteiger partial charge is 0.145 e. The Morgan fingerprint density at radius 2 is 1.50 bits per heavy atom. The van der Waals surface area contributed by atoms with Crippen LogP contribution < -0.4 is 0 Å². The molecule has 0 bridgehead atoms. The molecule has 0 amide bonds. The van der Waals surface area contributed by atoms with Crippen LogP contribution in [0.4, 0.5) is 11.4 Å². The van der Waals surface area contributed by atoms with Gasteiger partial charge in [-0.25, -0.2) is 0 Å². The highest BCUT2D eigenvalue weighted by Gasteiger charge is 2.02. The van der Waals surface area contributed by atoms with Crippen LogP contribution in [0.25, 0.3) is 0 Å². The van der Waals surface area contributed by atoms with Crippen molar-refractivity contribution in [3.63, 3.8) is 0 Å². The van der Waals surface area contributed by atoms with Gasteiger partial charge in [-0.05, 0) is 64.7 Å². The van der Waals surface area contributed by atoms with E-state index in [4.69, 9.17) is 0 Å². The lowest BCUT2D eigenvalue weighted by molar-refractivity contribution is 1.15. The molecule has 2 aromatic rings. The van der Waals surface area contributed by atoms with Gasteiger partial charge >= 0.3 is 0 Å². The minimum atomic E-state index is 0.427. The molecular formula is C14H12N2O2. The zero-order chi connectivity index (χ0) is 13.0. The first-order valence-corrected chi connectivity index (χ1v) is 5.58. The van der Waals surface area contributed by atoms with Gasteiger partial charge in [0.1, 0.15) is 11.4 Å². The average Bonchev–Trinajstić information content (AvgIpc) is 2.42. The summed E-state index contributed by atoms with van der Waals surface area (Å²) in [7, 11) is 0. The molecule has 0 fully saturated rings. The minimum Gasteiger partial charge on any atom is -0.145 e. The molecule has 90 valence electrons. The first-order chi connectivity index (χ1) is 8.72. The summed E-state index contributed by atoms with van der Waals surface area (Å²) in [6.07, 6.45) is 0.754. The average molecular weight is 240 g/mol. The molecule has 0 aliphatic rings. The van der Waals surface area contributed by atoms with Crippen LogP contribution in [0.2, 0.25) is 0 Å². The zero-order valence-electron chi connectivity index (χ0n) is 9.96. The molecule has 0 spiro atoms. The van der Waals surface area contributed by atoms with Crippen molar-refractivity contribution in [3.05, 3.63) is 69.0 Å². The molecule has 0 aliphatic heterocycles. The van der Waals surface area contributed by atoms with E-state index in [2.05, 4.69) is 10.4 Å². The summed E-state index contributed by atoms with van der Waals surface area (Å²) in [6.45, 7) is 1.95. The van der Waals surface area contributed by atoms with Crippen molar-refractivity contribution < 1.29 is 0 Å². The van der Waals surface area contributed by atoms with Crippen LogP contribution >= 0.6 is 0 Å². The Hall–Kier alpha value is -2.36. The number of rotatable bonds is 4. The summed E-state index contributed by atoms with van der Waals surface area (Å²) in [6, 6.07) is 12.5. The predicted octanol–water partition coefficient (Wildman–Crippen LogP) is 4.38. The van der Waals surface area contributed by atoms with Crippen LogP contribution in [-0.4, -0.2) is 0 Å². The number of nitrogens with zero attached hydrogens (tertiary/aromatic N) is 2. The molecule has 0 aliphatic carbocycles. The third kappa shape index (κ3) is 2.66. The van der Waals surface area contributed by atoms with Gasteiger partial charge in [-0.2, -0.15) is 0 Å². The van der Waals surface area contributed by atoms with Crippen LogP contribution in [-0.2, 0) is 6.42 Å². The van der Waals surface area contributed by atoms with Gasteiger partial charge in [-0.15, -0.1) is 9.81 Å². The Balaban J connectivity index is 2.22. The van der Waals surface area contributed by atoms with Gasteiger partial charge in [-0.1, -0.05) is 18.2 Å². The summed E-state index contributed by atoms with van der Waals surface area (Å²) in [4.78, 5) is 20.7. The van der Waals surface area contributed by atoms with Crippen molar-refractivity contribution in [1.82, 2.24) is 0 Å². The lowest BCUT2D eigenvalue weighted by atomic mass is 10.00. The van der Waals surface area contributed by atoms with E-state index in [0.717, 1.165) is 23.1 Å². The second-order valence-corrected chi connectivity index (χ2v) is 4.14. The van der Waals surface area contributed by atoms with Gasteiger partial charge in [-0.3, -0.25) is 0 Å². The van der Waals surface area contributed by atoms with Crippen LogP contribution in [0.5, 0.6) is 0 Å². The van der Waals surface area contributed by atoms with E-state index < -0.39 is 0 Å². The van der Waals surface area contributed by atoms with E-state index in [1.807, 2.05) is 25.1 Å². The maximum Gasteiger partial charge on any atom is 0.108 e. The first kappa shape index (κ1) is 12.1. The zero-order valence-corrected chi connectivity index (χ0v) is 9.96. The Labute approximate surface area is 105 Å². The van der Waals surface area contributed by atoms with Crippen molar-refractivity contribution >= 4 is 11.4 Å². The molecule has 2 rings (SSSR count). The quantitative estimate of drug-likeness (QED) is 0.744. The SMILES string of the molecule is Cc1cc(N=O)ccc1Cc1ccc(N=O)cc1. The minimum absolute atomic E-state index is 0.427. The van der Waals surface area contributed by atoms with Gasteiger partial charge in [0.15, 0.2) is 0 Å². The van der Waals surface area contributed by atoms with E-state index in [-0.39, 0.29) is 0 Å². The predicted molar refractivity (Wildman–Crippen MR) is 71.3 cm³/mol. The molecule has 4 heteroatoms. The molecular weight excluding hydrogens is 228 g/mol. The van der Waals surface area contributed by atoms with Gasteiger partial charge in [0, 0.05) is 0 Å². The fourth-order valence-electron chi connectivity index (χ4n) is 1.83. The van der Waals surface area contributed by atoms with E-state index in [0.29, 0.717) is 11.4 Å². The third-order valence-corrected chi connectivity index (χ3v) is 2.87. The summed E-state index contributed by atoms with van der Waals surface area (Å²) < 4.78 is 0.